The average Bonchev–Trinajstić information content (AvgIpc) is 3.32. The standard InChI is InChI=1S/C20H22F3NO3S2/c1-3-26-18(25)5-4-13-6-7-28-19(13)14-8-15(20(21,22)23)10-17(9-14)29-24(2)11-16-12-27-16/h6-10,16H,3-5,11-12H2,1-2H3/t16-/m0/s1. The van der Waals surface area contributed by atoms with Crippen LogP contribution in [0.5, 0.6) is 0 Å². The van der Waals surface area contributed by atoms with Gasteiger partial charge in [0.05, 0.1) is 24.9 Å². The quantitative estimate of drug-likeness (QED) is 0.299. The Morgan fingerprint density at radius 2 is 2.14 bits per heavy atom. The smallest absolute Gasteiger partial charge is 0.416 e. The summed E-state index contributed by atoms with van der Waals surface area (Å²) in [6, 6.07) is 5.96. The summed E-state index contributed by atoms with van der Waals surface area (Å²) < 4.78 is 52.5. The zero-order valence-corrected chi connectivity index (χ0v) is 17.8. The maximum atomic E-state index is 13.5. The maximum Gasteiger partial charge on any atom is 0.416 e. The number of esters is 1. The first kappa shape index (κ1) is 22.1. The molecule has 0 bridgehead atoms. The Hall–Kier alpha value is -1.55. The van der Waals surface area contributed by atoms with Crippen molar-refractivity contribution in [3.05, 3.63) is 40.8 Å². The molecule has 9 heteroatoms. The number of alkyl halides is 3. The zero-order chi connectivity index (χ0) is 21.0. The van der Waals surface area contributed by atoms with Crippen LogP contribution >= 0.6 is 23.3 Å². The van der Waals surface area contributed by atoms with Crippen LogP contribution in [-0.4, -0.2) is 43.2 Å². The fourth-order valence-corrected chi connectivity index (χ4v) is 4.78. The molecule has 1 aliphatic heterocycles. The summed E-state index contributed by atoms with van der Waals surface area (Å²) >= 11 is 2.64. The minimum Gasteiger partial charge on any atom is -0.466 e. The fourth-order valence-electron chi connectivity index (χ4n) is 2.88. The lowest BCUT2D eigenvalue weighted by Crippen LogP contribution is -2.15. The summed E-state index contributed by atoms with van der Waals surface area (Å²) in [5.41, 5.74) is 0.670. The molecule has 0 N–H and O–H groups in total. The van der Waals surface area contributed by atoms with E-state index in [1.807, 2.05) is 22.8 Å². The van der Waals surface area contributed by atoms with Crippen molar-refractivity contribution in [1.29, 1.82) is 0 Å². The molecule has 4 nitrogen and oxygen atoms in total. The predicted octanol–water partition coefficient (Wildman–Crippen LogP) is 5.27. The summed E-state index contributed by atoms with van der Waals surface area (Å²) in [6.45, 7) is 3.39. The van der Waals surface area contributed by atoms with E-state index in [-0.39, 0.29) is 18.5 Å². The van der Waals surface area contributed by atoms with Crippen LogP contribution in [0, 0.1) is 0 Å². The van der Waals surface area contributed by atoms with Crippen molar-refractivity contribution < 1.29 is 27.4 Å². The molecule has 29 heavy (non-hydrogen) atoms. The van der Waals surface area contributed by atoms with Crippen LogP contribution < -0.4 is 0 Å². The van der Waals surface area contributed by atoms with E-state index in [0.29, 0.717) is 36.6 Å². The van der Waals surface area contributed by atoms with Gasteiger partial charge in [-0.3, -0.25) is 4.79 Å². The average molecular weight is 446 g/mol. The predicted molar refractivity (Wildman–Crippen MR) is 108 cm³/mol. The second-order valence-electron chi connectivity index (χ2n) is 6.68. The van der Waals surface area contributed by atoms with Crippen molar-refractivity contribution in [1.82, 2.24) is 4.31 Å². The molecular weight excluding hydrogens is 423 g/mol. The molecule has 0 aliphatic carbocycles. The van der Waals surface area contributed by atoms with Crippen LogP contribution in [0.3, 0.4) is 0 Å². The minimum atomic E-state index is -4.44. The van der Waals surface area contributed by atoms with Crippen molar-refractivity contribution in [2.45, 2.75) is 36.9 Å². The summed E-state index contributed by atoms with van der Waals surface area (Å²) in [4.78, 5) is 12.9. The number of carbonyl (C=O) groups excluding carboxylic acids is 1. The number of hydrogen-bond donors (Lipinski definition) is 0. The van der Waals surface area contributed by atoms with Crippen LogP contribution in [-0.2, 0) is 26.9 Å². The van der Waals surface area contributed by atoms with Crippen molar-refractivity contribution in [2.24, 2.45) is 0 Å². The first-order chi connectivity index (χ1) is 13.8. The molecule has 1 atom stereocenters. The van der Waals surface area contributed by atoms with Gasteiger partial charge in [-0.25, -0.2) is 4.31 Å². The van der Waals surface area contributed by atoms with Crippen LogP contribution in [0.15, 0.2) is 34.5 Å². The molecule has 3 rings (SSSR count). The second kappa shape index (κ2) is 9.51. The van der Waals surface area contributed by atoms with Gasteiger partial charge in [-0.1, -0.05) is 0 Å². The summed E-state index contributed by atoms with van der Waals surface area (Å²) in [7, 11) is 1.84. The third-order valence-electron chi connectivity index (χ3n) is 4.27. The van der Waals surface area contributed by atoms with E-state index in [2.05, 4.69) is 0 Å². The first-order valence-corrected chi connectivity index (χ1v) is 10.9. The number of hydrogen-bond acceptors (Lipinski definition) is 6. The van der Waals surface area contributed by atoms with Gasteiger partial charge in [0, 0.05) is 22.7 Å². The van der Waals surface area contributed by atoms with E-state index in [9.17, 15) is 18.0 Å². The third kappa shape index (κ3) is 6.47. The number of likely N-dealkylation sites (N-methyl/N-ethyl adjacent to an activating group) is 1. The molecule has 1 fully saturated rings. The Kier molecular flexibility index (Phi) is 7.26. The molecule has 0 spiro atoms. The number of benzene rings is 1. The van der Waals surface area contributed by atoms with E-state index < -0.39 is 11.7 Å². The largest absolute Gasteiger partial charge is 0.466 e. The lowest BCUT2D eigenvalue weighted by Gasteiger charge is -2.17. The maximum absolute atomic E-state index is 13.5. The molecule has 1 aliphatic rings. The lowest BCUT2D eigenvalue weighted by atomic mass is 10.0. The van der Waals surface area contributed by atoms with Crippen LogP contribution in [0.25, 0.3) is 10.4 Å². The Balaban J connectivity index is 1.85. The highest BCUT2D eigenvalue weighted by molar-refractivity contribution is 7.97. The van der Waals surface area contributed by atoms with Gasteiger partial charge in [0.2, 0.25) is 0 Å². The van der Waals surface area contributed by atoms with Gasteiger partial charge in [-0.2, -0.15) is 13.2 Å². The van der Waals surface area contributed by atoms with E-state index in [0.717, 1.165) is 10.4 Å². The minimum absolute atomic E-state index is 0.157. The number of epoxide rings is 1. The number of thiophene rings is 1. The molecular formula is C20H22F3NO3S2. The number of halogens is 3. The van der Waals surface area contributed by atoms with Gasteiger partial charge < -0.3 is 9.47 Å². The molecule has 0 saturated carbocycles. The molecule has 2 aromatic rings. The van der Waals surface area contributed by atoms with Gasteiger partial charge in [0.25, 0.3) is 0 Å². The normalized spacial score (nSPS) is 16.3. The number of nitrogens with zero attached hydrogens (tertiary/aromatic N) is 1. The number of carbonyl (C=O) groups is 1. The van der Waals surface area contributed by atoms with E-state index in [4.69, 9.17) is 9.47 Å². The second-order valence-corrected chi connectivity index (χ2v) is 8.87. The van der Waals surface area contributed by atoms with Crippen molar-refractivity contribution in [3.8, 4) is 10.4 Å². The van der Waals surface area contributed by atoms with Gasteiger partial charge in [0.1, 0.15) is 0 Å². The SMILES string of the molecule is CCOC(=O)CCc1ccsc1-c1cc(SN(C)C[C@H]2CO2)cc(C(F)(F)F)c1. The Labute approximate surface area is 176 Å². The van der Waals surface area contributed by atoms with E-state index in [1.165, 1.54) is 35.4 Å². The number of rotatable bonds is 9. The highest BCUT2D eigenvalue weighted by Crippen LogP contribution is 2.39. The Bertz CT molecular complexity index is 850. The highest BCUT2D eigenvalue weighted by atomic mass is 32.2. The Morgan fingerprint density at radius 1 is 1.38 bits per heavy atom. The molecule has 0 unspecified atom stereocenters. The van der Waals surface area contributed by atoms with Crippen LogP contribution in [0.2, 0.25) is 0 Å². The van der Waals surface area contributed by atoms with Crippen molar-refractivity contribution in [2.75, 3.05) is 26.8 Å². The van der Waals surface area contributed by atoms with Gasteiger partial charge in [-0.05, 0) is 73.1 Å². The number of aryl methyl sites for hydroxylation is 1. The molecule has 1 saturated heterocycles. The van der Waals surface area contributed by atoms with E-state index in [1.54, 1.807) is 13.0 Å². The fraction of sp³-hybridized carbons (Fsp3) is 0.450. The van der Waals surface area contributed by atoms with E-state index >= 15 is 0 Å². The van der Waals surface area contributed by atoms with Crippen molar-refractivity contribution in [3.63, 3.8) is 0 Å². The highest BCUT2D eigenvalue weighted by Gasteiger charge is 2.32. The molecule has 1 aromatic carbocycles. The van der Waals surface area contributed by atoms with Gasteiger partial charge >= 0.3 is 12.1 Å². The lowest BCUT2D eigenvalue weighted by molar-refractivity contribution is -0.143. The van der Waals surface area contributed by atoms with Gasteiger partial charge in [0.15, 0.2) is 0 Å². The third-order valence-corrected chi connectivity index (χ3v) is 6.18. The molecule has 158 valence electrons. The van der Waals surface area contributed by atoms with Crippen LogP contribution in [0.4, 0.5) is 13.2 Å². The Morgan fingerprint density at radius 3 is 2.79 bits per heavy atom. The van der Waals surface area contributed by atoms with Crippen molar-refractivity contribution >= 4 is 29.3 Å². The summed E-state index contributed by atoms with van der Waals surface area (Å²) in [5, 5.41) is 1.83. The zero-order valence-electron chi connectivity index (χ0n) is 16.1. The monoisotopic (exact) mass is 445 g/mol. The first-order valence-electron chi connectivity index (χ1n) is 9.21. The number of ether oxygens (including phenoxy) is 2. The molecule has 2 heterocycles. The van der Waals surface area contributed by atoms with Gasteiger partial charge in [-0.15, -0.1) is 11.3 Å². The summed E-state index contributed by atoms with van der Waals surface area (Å²) in [5.74, 6) is -0.311. The summed E-state index contributed by atoms with van der Waals surface area (Å²) in [6.07, 6.45) is -3.66. The molecule has 0 radical (unpaired) electrons. The topological polar surface area (TPSA) is 42.1 Å². The molecule has 1 aromatic heterocycles. The van der Waals surface area contributed by atoms with Crippen LogP contribution in [0.1, 0.15) is 24.5 Å². The molecule has 0 amide bonds.